The zero-order valence-electron chi connectivity index (χ0n) is 18.5. The molecular weight excluding hydrogens is 398 g/mol. The maximum Gasteiger partial charge on any atom is 0.240 e. The lowest BCUT2D eigenvalue weighted by Crippen LogP contribution is -2.56. The van der Waals surface area contributed by atoms with Gasteiger partial charge in [0.2, 0.25) is 5.91 Å². The Balaban J connectivity index is 1.38. The Bertz CT molecular complexity index is 1040. The van der Waals surface area contributed by atoms with Crippen LogP contribution in [0.5, 0.6) is 5.75 Å². The number of amides is 1. The van der Waals surface area contributed by atoms with Gasteiger partial charge in [0.25, 0.3) is 0 Å². The highest BCUT2D eigenvalue weighted by Crippen LogP contribution is 2.25. The SMILES string of the molecule is COc1cccc(-c2cccc(C[C@H](N)C[C@@H]3NCCN(Cc4ccccc4)C3=O)c2)c1. The van der Waals surface area contributed by atoms with Gasteiger partial charge in [-0.2, -0.15) is 0 Å². The molecule has 0 saturated carbocycles. The highest BCUT2D eigenvalue weighted by Gasteiger charge is 2.29. The van der Waals surface area contributed by atoms with Gasteiger partial charge in [0.1, 0.15) is 5.75 Å². The third-order valence-electron chi connectivity index (χ3n) is 5.96. The van der Waals surface area contributed by atoms with Gasteiger partial charge >= 0.3 is 0 Å². The minimum absolute atomic E-state index is 0.103. The van der Waals surface area contributed by atoms with Crippen molar-refractivity contribution < 1.29 is 9.53 Å². The lowest BCUT2D eigenvalue weighted by Gasteiger charge is -2.34. The first-order chi connectivity index (χ1) is 15.6. The summed E-state index contributed by atoms with van der Waals surface area (Å²) in [5.74, 6) is 0.979. The smallest absolute Gasteiger partial charge is 0.240 e. The molecule has 1 aliphatic heterocycles. The summed E-state index contributed by atoms with van der Waals surface area (Å²) in [6.45, 7) is 2.17. The number of carbonyl (C=O) groups is 1. The van der Waals surface area contributed by atoms with Crippen LogP contribution in [0.15, 0.2) is 78.9 Å². The van der Waals surface area contributed by atoms with Crippen LogP contribution in [0.1, 0.15) is 17.5 Å². The number of piperazine rings is 1. The molecule has 0 unspecified atom stereocenters. The van der Waals surface area contributed by atoms with Gasteiger partial charge in [0, 0.05) is 25.7 Å². The maximum atomic E-state index is 13.0. The van der Waals surface area contributed by atoms with Gasteiger partial charge in [-0.25, -0.2) is 0 Å². The van der Waals surface area contributed by atoms with Crippen LogP contribution in [-0.2, 0) is 17.8 Å². The van der Waals surface area contributed by atoms with Gasteiger partial charge in [-0.15, -0.1) is 0 Å². The summed E-state index contributed by atoms with van der Waals surface area (Å²) in [5, 5.41) is 3.37. The number of ether oxygens (including phenoxy) is 1. The molecule has 1 aliphatic rings. The molecule has 1 amide bonds. The summed E-state index contributed by atoms with van der Waals surface area (Å²) >= 11 is 0. The van der Waals surface area contributed by atoms with Gasteiger partial charge in [0.15, 0.2) is 0 Å². The Morgan fingerprint density at radius 2 is 1.72 bits per heavy atom. The quantitative estimate of drug-likeness (QED) is 0.574. The maximum absolute atomic E-state index is 13.0. The topological polar surface area (TPSA) is 67.6 Å². The third kappa shape index (κ3) is 5.55. The van der Waals surface area contributed by atoms with Crippen molar-refractivity contribution in [2.24, 2.45) is 5.73 Å². The monoisotopic (exact) mass is 429 g/mol. The van der Waals surface area contributed by atoms with Crippen molar-refractivity contribution in [1.29, 1.82) is 0 Å². The van der Waals surface area contributed by atoms with E-state index < -0.39 is 0 Å². The van der Waals surface area contributed by atoms with E-state index in [2.05, 4.69) is 47.8 Å². The molecule has 5 nitrogen and oxygen atoms in total. The zero-order chi connectivity index (χ0) is 22.3. The molecule has 3 aromatic carbocycles. The van der Waals surface area contributed by atoms with Gasteiger partial charge in [-0.05, 0) is 47.2 Å². The van der Waals surface area contributed by atoms with E-state index in [0.29, 0.717) is 13.0 Å². The Morgan fingerprint density at radius 3 is 2.50 bits per heavy atom. The van der Waals surface area contributed by atoms with Crippen LogP contribution in [0.3, 0.4) is 0 Å². The lowest BCUT2D eigenvalue weighted by atomic mass is 9.95. The highest BCUT2D eigenvalue weighted by atomic mass is 16.5. The predicted octanol–water partition coefficient (Wildman–Crippen LogP) is 3.62. The molecule has 0 bridgehead atoms. The van der Waals surface area contributed by atoms with Crippen LogP contribution in [0, 0.1) is 0 Å². The van der Waals surface area contributed by atoms with Crippen molar-refractivity contribution in [1.82, 2.24) is 10.2 Å². The van der Waals surface area contributed by atoms with E-state index in [-0.39, 0.29) is 18.0 Å². The van der Waals surface area contributed by atoms with Crippen LogP contribution in [0.25, 0.3) is 11.1 Å². The van der Waals surface area contributed by atoms with E-state index >= 15 is 0 Å². The van der Waals surface area contributed by atoms with Gasteiger partial charge < -0.3 is 20.7 Å². The normalized spacial score (nSPS) is 17.2. The summed E-state index contributed by atoms with van der Waals surface area (Å²) < 4.78 is 5.35. The number of nitrogens with two attached hydrogens (primary N) is 1. The number of hydrogen-bond donors (Lipinski definition) is 2. The van der Waals surface area contributed by atoms with Crippen molar-refractivity contribution in [3.63, 3.8) is 0 Å². The van der Waals surface area contributed by atoms with Crippen LogP contribution in [0.2, 0.25) is 0 Å². The molecule has 1 saturated heterocycles. The molecule has 2 atom stereocenters. The van der Waals surface area contributed by atoms with Crippen molar-refractivity contribution in [2.75, 3.05) is 20.2 Å². The lowest BCUT2D eigenvalue weighted by molar-refractivity contribution is -0.136. The Hall–Kier alpha value is -3.15. The number of nitrogens with zero attached hydrogens (tertiary/aromatic N) is 1. The Labute approximate surface area is 190 Å². The first-order valence-electron chi connectivity index (χ1n) is 11.2. The summed E-state index contributed by atoms with van der Waals surface area (Å²) in [6.07, 6.45) is 1.34. The highest BCUT2D eigenvalue weighted by molar-refractivity contribution is 5.82. The molecule has 0 aliphatic carbocycles. The molecule has 1 fully saturated rings. The molecule has 32 heavy (non-hydrogen) atoms. The van der Waals surface area contributed by atoms with E-state index in [0.717, 1.165) is 42.0 Å². The molecule has 5 heteroatoms. The van der Waals surface area contributed by atoms with E-state index in [1.54, 1.807) is 7.11 Å². The summed E-state index contributed by atoms with van der Waals surface area (Å²) in [7, 11) is 1.68. The standard InChI is InChI=1S/C27H31N3O2/c1-32-25-12-6-11-23(17-25)22-10-5-9-21(15-22)16-24(28)18-26-27(31)30(14-13-29-26)19-20-7-3-2-4-8-20/h2-12,15,17,24,26,29H,13-14,16,18-19,28H2,1H3/t24-,26-/m0/s1. The number of nitrogens with one attached hydrogen (secondary N) is 1. The van der Waals surface area contributed by atoms with Gasteiger partial charge in [-0.3, -0.25) is 4.79 Å². The first kappa shape index (κ1) is 22.1. The molecule has 0 aromatic heterocycles. The molecule has 3 aromatic rings. The second kappa shape index (κ2) is 10.4. The number of carbonyl (C=O) groups excluding carboxylic acids is 1. The van der Waals surface area contributed by atoms with Crippen molar-refractivity contribution in [3.05, 3.63) is 90.0 Å². The fourth-order valence-corrected chi connectivity index (χ4v) is 4.31. The van der Waals surface area contributed by atoms with Gasteiger partial charge in [0.05, 0.1) is 13.2 Å². The van der Waals surface area contributed by atoms with E-state index in [1.165, 1.54) is 5.56 Å². The Kier molecular flexibility index (Phi) is 7.20. The molecule has 1 heterocycles. The fourth-order valence-electron chi connectivity index (χ4n) is 4.31. The fraction of sp³-hybridized carbons (Fsp3) is 0.296. The molecule has 3 N–H and O–H groups in total. The first-order valence-corrected chi connectivity index (χ1v) is 11.2. The number of hydrogen-bond acceptors (Lipinski definition) is 4. The predicted molar refractivity (Wildman–Crippen MR) is 128 cm³/mol. The summed E-state index contributed by atoms with van der Waals surface area (Å²) in [6, 6.07) is 26.3. The van der Waals surface area contributed by atoms with Gasteiger partial charge in [-0.1, -0.05) is 66.7 Å². The number of benzene rings is 3. The van der Waals surface area contributed by atoms with Crippen LogP contribution >= 0.6 is 0 Å². The number of methoxy groups -OCH3 is 1. The minimum Gasteiger partial charge on any atom is -0.497 e. The van der Waals surface area contributed by atoms with E-state index in [1.807, 2.05) is 41.3 Å². The van der Waals surface area contributed by atoms with Crippen LogP contribution in [0.4, 0.5) is 0 Å². The van der Waals surface area contributed by atoms with E-state index in [4.69, 9.17) is 10.5 Å². The van der Waals surface area contributed by atoms with Crippen LogP contribution in [-0.4, -0.2) is 43.1 Å². The molecular formula is C27H31N3O2. The van der Waals surface area contributed by atoms with Crippen molar-refractivity contribution >= 4 is 5.91 Å². The number of rotatable bonds is 8. The average Bonchev–Trinajstić information content (AvgIpc) is 2.82. The minimum atomic E-state index is -0.232. The molecule has 0 radical (unpaired) electrons. The van der Waals surface area contributed by atoms with Crippen molar-refractivity contribution in [3.8, 4) is 16.9 Å². The Morgan fingerprint density at radius 1 is 1.00 bits per heavy atom. The molecule has 166 valence electrons. The molecule has 0 spiro atoms. The zero-order valence-corrected chi connectivity index (χ0v) is 18.5. The second-order valence-electron chi connectivity index (χ2n) is 8.38. The average molecular weight is 430 g/mol. The van der Waals surface area contributed by atoms with E-state index in [9.17, 15) is 4.79 Å². The second-order valence-corrected chi connectivity index (χ2v) is 8.38. The summed E-state index contributed by atoms with van der Waals surface area (Å²) in [4.78, 5) is 15.0. The largest absolute Gasteiger partial charge is 0.497 e. The van der Waals surface area contributed by atoms with Crippen LogP contribution < -0.4 is 15.8 Å². The third-order valence-corrected chi connectivity index (χ3v) is 5.96. The summed E-state index contributed by atoms with van der Waals surface area (Å²) in [5.41, 5.74) is 11.1. The molecule has 4 rings (SSSR count). The van der Waals surface area contributed by atoms with Crippen molar-refractivity contribution in [2.45, 2.75) is 31.5 Å².